The van der Waals surface area contributed by atoms with Crippen molar-refractivity contribution < 1.29 is 10.0 Å². The molecule has 6 heteroatoms. The summed E-state index contributed by atoms with van der Waals surface area (Å²) in [7, 11) is 0. The molecule has 1 aliphatic carbocycles. The van der Waals surface area contributed by atoms with Crippen LogP contribution < -0.4 is 5.48 Å². The van der Waals surface area contributed by atoms with Gasteiger partial charge in [0.15, 0.2) is 0 Å². The SMILES string of the molecule is CC[C@@H]1Cc2ncc(C(=O)NO)cc2CN1CC1CC2CCC(C1)N2C1CC1. The van der Waals surface area contributed by atoms with Gasteiger partial charge in [-0.05, 0) is 62.5 Å². The molecule has 2 N–H and O–H groups in total. The molecule has 1 saturated carbocycles. The highest BCUT2D eigenvalue weighted by Crippen LogP contribution is 2.45. The van der Waals surface area contributed by atoms with Crippen molar-refractivity contribution >= 4 is 5.91 Å². The Balaban J connectivity index is 1.29. The number of hydroxylamine groups is 1. The number of fused-ring (bicyclic) bond motifs is 3. The van der Waals surface area contributed by atoms with Gasteiger partial charge in [-0.25, -0.2) is 5.48 Å². The second kappa shape index (κ2) is 7.39. The summed E-state index contributed by atoms with van der Waals surface area (Å²) in [5.41, 5.74) is 4.41. The van der Waals surface area contributed by atoms with Crippen LogP contribution >= 0.6 is 0 Å². The van der Waals surface area contributed by atoms with Crippen LogP contribution in [0.2, 0.25) is 0 Å². The van der Waals surface area contributed by atoms with Gasteiger partial charge < -0.3 is 0 Å². The van der Waals surface area contributed by atoms with Crippen LogP contribution in [-0.2, 0) is 13.0 Å². The van der Waals surface area contributed by atoms with Gasteiger partial charge in [0.05, 0.1) is 5.56 Å². The Morgan fingerprint density at radius 3 is 2.57 bits per heavy atom. The summed E-state index contributed by atoms with van der Waals surface area (Å²) in [6.45, 7) is 4.31. The maximum atomic E-state index is 11.8. The Hall–Kier alpha value is -1.50. The zero-order valence-corrected chi connectivity index (χ0v) is 16.8. The number of nitrogens with zero attached hydrogens (tertiary/aromatic N) is 3. The number of carbonyl (C=O) groups is 1. The van der Waals surface area contributed by atoms with E-state index in [9.17, 15) is 4.79 Å². The summed E-state index contributed by atoms with van der Waals surface area (Å²) in [6, 6.07) is 5.01. The molecular formula is C22H32N4O2. The molecule has 2 unspecified atom stereocenters. The van der Waals surface area contributed by atoms with Gasteiger partial charge >= 0.3 is 0 Å². The minimum absolute atomic E-state index is 0.437. The molecule has 2 bridgehead atoms. The molecule has 2 saturated heterocycles. The van der Waals surface area contributed by atoms with Crippen molar-refractivity contribution in [2.24, 2.45) is 5.92 Å². The fourth-order valence-electron chi connectivity index (χ4n) is 6.14. The van der Waals surface area contributed by atoms with Crippen LogP contribution in [0.3, 0.4) is 0 Å². The molecule has 4 aliphatic rings. The minimum Gasteiger partial charge on any atom is -0.295 e. The highest BCUT2D eigenvalue weighted by molar-refractivity contribution is 5.93. The van der Waals surface area contributed by atoms with Crippen molar-refractivity contribution in [3.8, 4) is 0 Å². The molecule has 3 fully saturated rings. The van der Waals surface area contributed by atoms with E-state index in [1.807, 2.05) is 6.07 Å². The van der Waals surface area contributed by atoms with Gasteiger partial charge in [-0.3, -0.25) is 24.8 Å². The molecular weight excluding hydrogens is 352 g/mol. The van der Waals surface area contributed by atoms with Crippen LogP contribution in [0, 0.1) is 5.92 Å². The van der Waals surface area contributed by atoms with E-state index in [0.29, 0.717) is 11.6 Å². The lowest BCUT2D eigenvalue weighted by Crippen LogP contribution is -2.49. The van der Waals surface area contributed by atoms with Crippen LogP contribution in [0.1, 0.15) is 73.5 Å². The van der Waals surface area contributed by atoms with Crippen LogP contribution in [-0.4, -0.2) is 56.6 Å². The first-order valence-electron chi connectivity index (χ1n) is 11.1. The second-order valence-electron chi connectivity index (χ2n) is 9.37. The van der Waals surface area contributed by atoms with Crippen LogP contribution in [0.5, 0.6) is 0 Å². The molecule has 28 heavy (non-hydrogen) atoms. The maximum absolute atomic E-state index is 11.8. The fourth-order valence-corrected chi connectivity index (χ4v) is 6.14. The molecule has 1 amide bonds. The molecule has 3 aliphatic heterocycles. The summed E-state index contributed by atoms with van der Waals surface area (Å²) in [4.78, 5) is 21.8. The van der Waals surface area contributed by atoms with Gasteiger partial charge in [0.1, 0.15) is 0 Å². The normalized spacial score (nSPS) is 32.9. The average Bonchev–Trinajstić information content (AvgIpc) is 3.52. The molecule has 152 valence electrons. The largest absolute Gasteiger partial charge is 0.295 e. The summed E-state index contributed by atoms with van der Waals surface area (Å²) in [5, 5.41) is 8.92. The number of piperidine rings is 1. The van der Waals surface area contributed by atoms with Crippen molar-refractivity contribution in [3.05, 3.63) is 29.1 Å². The van der Waals surface area contributed by atoms with Crippen molar-refractivity contribution in [3.63, 3.8) is 0 Å². The maximum Gasteiger partial charge on any atom is 0.276 e. The third-order valence-electron chi connectivity index (χ3n) is 7.56. The predicted octanol–water partition coefficient (Wildman–Crippen LogP) is 2.74. The third kappa shape index (κ3) is 3.36. The van der Waals surface area contributed by atoms with E-state index in [-0.39, 0.29) is 0 Å². The Labute approximate surface area is 167 Å². The number of aromatic nitrogens is 1. The van der Waals surface area contributed by atoms with Gasteiger partial charge in [0, 0.05) is 55.6 Å². The van der Waals surface area contributed by atoms with E-state index >= 15 is 0 Å². The van der Waals surface area contributed by atoms with Crippen molar-refractivity contribution in [1.29, 1.82) is 0 Å². The average molecular weight is 385 g/mol. The van der Waals surface area contributed by atoms with E-state index in [0.717, 1.165) is 54.7 Å². The van der Waals surface area contributed by atoms with Gasteiger partial charge in [-0.2, -0.15) is 0 Å². The quantitative estimate of drug-likeness (QED) is 0.603. The Morgan fingerprint density at radius 2 is 1.93 bits per heavy atom. The zero-order valence-electron chi connectivity index (χ0n) is 16.8. The molecule has 0 radical (unpaired) electrons. The topological polar surface area (TPSA) is 68.7 Å². The number of rotatable bonds is 5. The summed E-state index contributed by atoms with van der Waals surface area (Å²) in [6.07, 6.45) is 12.1. The standard InChI is InChI=1S/C22H32N4O2/c1-2-17-10-21-16(9-15(11-23-21)22(27)24-28)13-25(17)12-14-7-19-5-6-20(8-14)26(19)18-3-4-18/h9,11,14,17-20,28H,2-8,10,12-13H2,1H3,(H,24,27)/t14?,17-,19?,20?/m1/s1. The number of amides is 1. The van der Waals surface area contributed by atoms with Crippen molar-refractivity contribution in [2.75, 3.05) is 6.54 Å². The van der Waals surface area contributed by atoms with E-state index in [4.69, 9.17) is 5.21 Å². The lowest BCUT2D eigenvalue weighted by molar-refractivity contribution is 0.0587. The number of pyridine rings is 1. The van der Waals surface area contributed by atoms with Crippen molar-refractivity contribution in [1.82, 2.24) is 20.3 Å². The van der Waals surface area contributed by atoms with E-state index in [2.05, 4.69) is 21.7 Å². The highest BCUT2D eigenvalue weighted by atomic mass is 16.5. The molecule has 0 spiro atoms. The van der Waals surface area contributed by atoms with Gasteiger partial charge in [0.25, 0.3) is 5.91 Å². The second-order valence-corrected chi connectivity index (χ2v) is 9.37. The third-order valence-corrected chi connectivity index (χ3v) is 7.56. The predicted molar refractivity (Wildman–Crippen MR) is 106 cm³/mol. The van der Waals surface area contributed by atoms with E-state index < -0.39 is 5.91 Å². The molecule has 1 aromatic rings. The Bertz CT molecular complexity index is 736. The van der Waals surface area contributed by atoms with Gasteiger partial charge in [-0.1, -0.05) is 6.92 Å². The van der Waals surface area contributed by atoms with Gasteiger partial charge in [0.2, 0.25) is 0 Å². The lowest BCUT2D eigenvalue weighted by Gasteiger charge is -2.43. The molecule has 3 atom stereocenters. The summed E-state index contributed by atoms with van der Waals surface area (Å²) < 4.78 is 0. The highest BCUT2D eigenvalue weighted by Gasteiger charge is 2.47. The smallest absolute Gasteiger partial charge is 0.276 e. The van der Waals surface area contributed by atoms with Crippen LogP contribution in [0.15, 0.2) is 12.3 Å². The summed E-state index contributed by atoms with van der Waals surface area (Å²) in [5.74, 6) is 0.309. The number of hydrogen-bond acceptors (Lipinski definition) is 5. The Kier molecular flexibility index (Phi) is 4.89. The van der Waals surface area contributed by atoms with Crippen molar-refractivity contribution in [2.45, 2.75) is 89.0 Å². The monoisotopic (exact) mass is 384 g/mol. The summed E-state index contributed by atoms with van der Waals surface area (Å²) >= 11 is 0. The van der Waals surface area contributed by atoms with Crippen LogP contribution in [0.4, 0.5) is 0 Å². The first-order valence-corrected chi connectivity index (χ1v) is 11.1. The minimum atomic E-state index is -0.483. The number of carbonyl (C=O) groups excluding carboxylic acids is 1. The van der Waals surface area contributed by atoms with E-state index in [1.54, 1.807) is 11.7 Å². The lowest BCUT2D eigenvalue weighted by atomic mass is 9.88. The molecule has 4 heterocycles. The molecule has 0 aromatic carbocycles. The van der Waals surface area contributed by atoms with E-state index in [1.165, 1.54) is 45.1 Å². The fraction of sp³-hybridized carbons (Fsp3) is 0.727. The first-order chi connectivity index (χ1) is 13.7. The molecule has 6 nitrogen and oxygen atoms in total. The molecule has 1 aromatic heterocycles. The van der Waals surface area contributed by atoms with Gasteiger partial charge in [-0.15, -0.1) is 0 Å². The number of nitrogens with one attached hydrogen (secondary N) is 1. The molecule has 5 rings (SSSR count). The Morgan fingerprint density at radius 1 is 1.21 bits per heavy atom. The zero-order chi connectivity index (χ0) is 19.3. The van der Waals surface area contributed by atoms with Crippen LogP contribution in [0.25, 0.3) is 0 Å². The first kappa shape index (κ1) is 18.5. The number of hydrogen-bond donors (Lipinski definition) is 2.